The summed E-state index contributed by atoms with van der Waals surface area (Å²) in [5.41, 5.74) is 0.939. The minimum atomic E-state index is 0.760. The second-order valence-corrected chi connectivity index (χ2v) is 5.44. The summed E-state index contributed by atoms with van der Waals surface area (Å²) in [7, 11) is 0. The number of rotatable bonds is 6. The number of oxazole rings is 1. The zero-order valence-corrected chi connectivity index (χ0v) is 10.7. The van der Waals surface area contributed by atoms with Crippen LogP contribution in [0, 0.1) is 6.92 Å². The Balaban J connectivity index is 1.59. The van der Waals surface area contributed by atoms with Gasteiger partial charge in [0, 0.05) is 23.7 Å². The van der Waals surface area contributed by atoms with Gasteiger partial charge in [0.25, 0.3) is 5.22 Å². The second-order valence-electron chi connectivity index (χ2n) is 3.36. The van der Waals surface area contributed by atoms with Crippen molar-refractivity contribution >= 4 is 23.1 Å². The van der Waals surface area contributed by atoms with Crippen molar-refractivity contribution in [2.75, 3.05) is 12.3 Å². The number of thioether (sulfide) groups is 1. The molecule has 0 atom stereocenters. The van der Waals surface area contributed by atoms with Gasteiger partial charge < -0.3 is 9.73 Å². The molecule has 5 heteroatoms. The Morgan fingerprint density at radius 1 is 1.56 bits per heavy atom. The highest BCUT2D eigenvalue weighted by Gasteiger charge is 2.00. The normalized spacial score (nSPS) is 10.8. The maximum absolute atomic E-state index is 5.24. The van der Waals surface area contributed by atoms with Gasteiger partial charge >= 0.3 is 0 Å². The molecule has 0 aliphatic carbocycles. The zero-order chi connectivity index (χ0) is 11.2. The van der Waals surface area contributed by atoms with E-state index >= 15 is 0 Å². The standard InChI is InChI=1S/C11H14N2OS2/c1-9-8-14-11(13-9)16-6-4-12-7-10-3-2-5-15-10/h2-3,5,8,12H,4,6-7H2,1H3. The van der Waals surface area contributed by atoms with E-state index in [2.05, 4.69) is 27.8 Å². The van der Waals surface area contributed by atoms with Crippen LogP contribution in [0.2, 0.25) is 0 Å². The summed E-state index contributed by atoms with van der Waals surface area (Å²) >= 11 is 3.42. The monoisotopic (exact) mass is 254 g/mol. The van der Waals surface area contributed by atoms with E-state index in [1.807, 2.05) is 6.92 Å². The predicted molar refractivity (Wildman–Crippen MR) is 68.0 cm³/mol. The van der Waals surface area contributed by atoms with E-state index in [1.165, 1.54) is 4.88 Å². The molecule has 0 amide bonds. The largest absolute Gasteiger partial charge is 0.440 e. The quantitative estimate of drug-likeness (QED) is 0.635. The lowest BCUT2D eigenvalue weighted by molar-refractivity contribution is 0.454. The van der Waals surface area contributed by atoms with Crippen molar-refractivity contribution < 1.29 is 4.42 Å². The van der Waals surface area contributed by atoms with Crippen LogP contribution < -0.4 is 5.32 Å². The van der Waals surface area contributed by atoms with Gasteiger partial charge in [-0.25, -0.2) is 4.98 Å². The summed E-state index contributed by atoms with van der Waals surface area (Å²) in [6.45, 7) is 3.84. The molecule has 0 unspecified atom stereocenters. The van der Waals surface area contributed by atoms with Crippen LogP contribution in [-0.2, 0) is 6.54 Å². The fourth-order valence-electron chi connectivity index (χ4n) is 1.23. The van der Waals surface area contributed by atoms with Crippen molar-refractivity contribution in [1.82, 2.24) is 10.3 Å². The third-order valence-corrected chi connectivity index (χ3v) is 3.70. The van der Waals surface area contributed by atoms with Crippen molar-refractivity contribution in [3.05, 3.63) is 34.3 Å². The average molecular weight is 254 g/mol. The fraction of sp³-hybridized carbons (Fsp3) is 0.364. The Morgan fingerprint density at radius 2 is 2.50 bits per heavy atom. The third-order valence-electron chi connectivity index (χ3n) is 1.98. The van der Waals surface area contributed by atoms with Crippen molar-refractivity contribution in [3.8, 4) is 0 Å². The Kier molecular flexibility index (Phi) is 4.44. The Hall–Kier alpha value is -0.780. The first-order valence-corrected chi connectivity index (χ1v) is 6.99. The molecule has 0 spiro atoms. The van der Waals surface area contributed by atoms with Gasteiger partial charge in [-0.05, 0) is 18.4 Å². The first-order chi connectivity index (χ1) is 7.84. The lowest BCUT2D eigenvalue weighted by Gasteiger charge is -2.00. The molecular formula is C11H14N2OS2. The van der Waals surface area contributed by atoms with Crippen molar-refractivity contribution in [1.29, 1.82) is 0 Å². The molecule has 2 heterocycles. The number of thiophene rings is 1. The zero-order valence-electron chi connectivity index (χ0n) is 9.10. The molecule has 0 aliphatic rings. The van der Waals surface area contributed by atoms with E-state index in [0.717, 1.165) is 29.8 Å². The molecule has 2 aromatic heterocycles. The molecule has 86 valence electrons. The molecule has 16 heavy (non-hydrogen) atoms. The van der Waals surface area contributed by atoms with Gasteiger partial charge in [-0.1, -0.05) is 17.8 Å². The molecule has 1 N–H and O–H groups in total. The molecule has 0 fully saturated rings. The van der Waals surface area contributed by atoms with Gasteiger partial charge in [0.2, 0.25) is 0 Å². The number of nitrogens with one attached hydrogen (secondary N) is 1. The average Bonchev–Trinajstić information content (AvgIpc) is 2.89. The van der Waals surface area contributed by atoms with E-state index < -0.39 is 0 Å². The first kappa shape index (κ1) is 11.7. The summed E-state index contributed by atoms with van der Waals surface area (Å²) in [5, 5.41) is 6.24. The summed E-state index contributed by atoms with van der Waals surface area (Å²) in [4.78, 5) is 5.60. The maximum Gasteiger partial charge on any atom is 0.255 e. The minimum Gasteiger partial charge on any atom is -0.440 e. The first-order valence-electron chi connectivity index (χ1n) is 5.12. The van der Waals surface area contributed by atoms with Crippen LogP contribution in [0.25, 0.3) is 0 Å². The van der Waals surface area contributed by atoms with Crippen LogP contribution in [0.3, 0.4) is 0 Å². The molecule has 2 rings (SSSR count). The Morgan fingerprint density at radius 3 is 3.19 bits per heavy atom. The molecule has 0 aliphatic heterocycles. The molecule has 3 nitrogen and oxygen atoms in total. The van der Waals surface area contributed by atoms with Crippen molar-refractivity contribution in [2.24, 2.45) is 0 Å². The molecular weight excluding hydrogens is 240 g/mol. The molecule has 0 saturated carbocycles. The van der Waals surface area contributed by atoms with Crippen LogP contribution in [0.4, 0.5) is 0 Å². The van der Waals surface area contributed by atoms with Crippen LogP contribution in [-0.4, -0.2) is 17.3 Å². The highest BCUT2D eigenvalue weighted by molar-refractivity contribution is 7.99. The summed E-state index contributed by atoms with van der Waals surface area (Å²) in [5.74, 6) is 0.978. The lowest BCUT2D eigenvalue weighted by Crippen LogP contribution is -2.15. The van der Waals surface area contributed by atoms with E-state index in [0.29, 0.717) is 0 Å². The van der Waals surface area contributed by atoms with E-state index in [4.69, 9.17) is 4.42 Å². The van der Waals surface area contributed by atoms with Gasteiger partial charge in [-0.3, -0.25) is 0 Å². The predicted octanol–water partition coefficient (Wildman–Crippen LogP) is 2.93. The summed E-state index contributed by atoms with van der Waals surface area (Å²) < 4.78 is 5.24. The molecule has 0 bridgehead atoms. The van der Waals surface area contributed by atoms with Crippen molar-refractivity contribution in [2.45, 2.75) is 18.7 Å². The van der Waals surface area contributed by atoms with Crippen LogP contribution in [0.5, 0.6) is 0 Å². The molecule has 0 radical (unpaired) electrons. The highest BCUT2D eigenvalue weighted by atomic mass is 32.2. The number of hydrogen-bond donors (Lipinski definition) is 1. The van der Waals surface area contributed by atoms with Gasteiger partial charge in [-0.2, -0.15) is 0 Å². The van der Waals surface area contributed by atoms with Crippen LogP contribution in [0.1, 0.15) is 10.6 Å². The highest BCUT2D eigenvalue weighted by Crippen LogP contribution is 2.15. The fourth-order valence-corrected chi connectivity index (χ4v) is 2.65. The van der Waals surface area contributed by atoms with E-state index in [1.54, 1.807) is 29.4 Å². The summed E-state index contributed by atoms with van der Waals surface area (Å²) in [6.07, 6.45) is 1.68. The molecule has 0 saturated heterocycles. The maximum atomic E-state index is 5.24. The second kappa shape index (κ2) is 6.08. The van der Waals surface area contributed by atoms with E-state index in [9.17, 15) is 0 Å². The number of nitrogens with zero attached hydrogens (tertiary/aromatic N) is 1. The van der Waals surface area contributed by atoms with Crippen molar-refractivity contribution in [3.63, 3.8) is 0 Å². The number of aromatic nitrogens is 1. The van der Waals surface area contributed by atoms with Gasteiger partial charge in [0.05, 0.1) is 5.69 Å². The summed E-state index contributed by atoms with van der Waals surface area (Å²) in [6, 6.07) is 4.22. The Bertz CT molecular complexity index is 411. The SMILES string of the molecule is Cc1coc(SCCNCc2cccs2)n1. The smallest absolute Gasteiger partial charge is 0.255 e. The molecule has 0 aromatic carbocycles. The third kappa shape index (κ3) is 3.66. The van der Waals surface area contributed by atoms with Crippen LogP contribution in [0.15, 0.2) is 33.4 Å². The van der Waals surface area contributed by atoms with Crippen LogP contribution >= 0.6 is 23.1 Å². The number of aryl methyl sites for hydroxylation is 1. The van der Waals surface area contributed by atoms with Gasteiger partial charge in [-0.15, -0.1) is 11.3 Å². The van der Waals surface area contributed by atoms with Gasteiger partial charge in [0.15, 0.2) is 0 Å². The lowest BCUT2D eigenvalue weighted by atomic mass is 10.4. The molecule has 2 aromatic rings. The topological polar surface area (TPSA) is 38.1 Å². The minimum absolute atomic E-state index is 0.760. The number of hydrogen-bond acceptors (Lipinski definition) is 5. The van der Waals surface area contributed by atoms with E-state index in [-0.39, 0.29) is 0 Å². The Labute approximate surface area is 103 Å². The van der Waals surface area contributed by atoms with Gasteiger partial charge in [0.1, 0.15) is 6.26 Å².